The molecular formula is C22H28N4O4. The highest BCUT2D eigenvalue weighted by molar-refractivity contribution is 5.87. The lowest BCUT2D eigenvalue weighted by molar-refractivity contribution is 0.0365. The van der Waals surface area contributed by atoms with Gasteiger partial charge in [0.15, 0.2) is 0 Å². The van der Waals surface area contributed by atoms with Crippen LogP contribution in [0.15, 0.2) is 40.5 Å². The number of carboxylic acids is 1. The zero-order valence-corrected chi connectivity index (χ0v) is 17.1. The number of amides is 1. The molecule has 1 aromatic carbocycles. The predicted molar refractivity (Wildman–Crippen MR) is 112 cm³/mol. The zero-order valence-electron chi connectivity index (χ0n) is 17.1. The number of piperidine rings is 1. The van der Waals surface area contributed by atoms with Crippen molar-refractivity contribution >= 4 is 18.4 Å². The zero-order chi connectivity index (χ0) is 20.9. The van der Waals surface area contributed by atoms with Gasteiger partial charge in [-0.3, -0.25) is 4.90 Å². The summed E-state index contributed by atoms with van der Waals surface area (Å²) in [6, 6.07) is 6.88. The minimum Gasteiger partial charge on any atom is -0.478 e. The average Bonchev–Trinajstić information content (AvgIpc) is 2.78. The van der Waals surface area contributed by atoms with Crippen molar-refractivity contribution in [2.75, 3.05) is 39.5 Å². The lowest BCUT2D eigenvalue weighted by Gasteiger charge is -2.34. The van der Waals surface area contributed by atoms with Gasteiger partial charge in [0.25, 0.3) is 0 Å². The molecule has 3 aliphatic heterocycles. The van der Waals surface area contributed by atoms with Crippen molar-refractivity contribution in [3.8, 4) is 0 Å². The van der Waals surface area contributed by atoms with E-state index in [1.54, 1.807) is 17.0 Å². The second-order valence-corrected chi connectivity index (χ2v) is 8.09. The van der Waals surface area contributed by atoms with Gasteiger partial charge in [0.2, 0.25) is 0 Å². The second-order valence-electron chi connectivity index (χ2n) is 8.09. The number of aromatic carboxylic acids is 1. The standard InChI is InChI=1S/C22H28N4O4/c27-21(28)18-6-4-17(5-7-18)12-25-13-19-14-26(11-8-20(19)23-15-25)22(29)30-16-24-9-2-1-3-10-24/h4-7,15H,1-3,8-14,16H2,(H,27,28). The summed E-state index contributed by atoms with van der Waals surface area (Å²) >= 11 is 0. The van der Waals surface area contributed by atoms with Crippen molar-refractivity contribution in [1.82, 2.24) is 14.7 Å². The molecule has 0 radical (unpaired) electrons. The third kappa shape index (κ3) is 4.99. The van der Waals surface area contributed by atoms with E-state index in [1.165, 1.54) is 19.3 Å². The Bertz CT molecular complexity index is 843. The van der Waals surface area contributed by atoms with Crippen LogP contribution in [0, 0.1) is 0 Å². The van der Waals surface area contributed by atoms with E-state index in [2.05, 4.69) is 14.8 Å². The molecule has 30 heavy (non-hydrogen) atoms. The van der Waals surface area contributed by atoms with Crippen LogP contribution in [0.3, 0.4) is 0 Å². The van der Waals surface area contributed by atoms with Gasteiger partial charge in [-0.2, -0.15) is 0 Å². The first-order valence-corrected chi connectivity index (χ1v) is 10.5. The fourth-order valence-electron chi connectivity index (χ4n) is 4.12. The molecule has 8 nitrogen and oxygen atoms in total. The van der Waals surface area contributed by atoms with E-state index < -0.39 is 5.97 Å². The van der Waals surface area contributed by atoms with Gasteiger partial charge in [0.1, 0.15) is 6.73 Å². The number of rotatable bonds is 5. The van der Waals surface area contributed by atoms with Crippen LogP contribution in [0.5, 0.6) is 0 Å². The number of hydrogen-bond acceptors (Lipinski definition) is 6. The fraction of sp³-hybridized carbons (Fsp3) is 0.500. The summed E-state index contributed by atoms with van der Waals surface area (Å²) in [5, 5.41) is 9.03. The topological polar surface area (TPSA) is 85.7 Å². The van der Waals surface area contributed by atoms with Crippen LogP contribution in [0.4, 0.5) is 4.79 Å². The summed E-state index contributed by atoms with van der Waals surface area (Å²) in [6.07, 6.45) is 5.93. The van der Waals surface area contributed by atoms with E-state index in [-0.39, 0.29) is 11.7 Å². The average molecular weight is 412 g/mol. The number of carbonyl (C=O) groups is 2. The molecule has 0 atom stereocenters. The van der Waals surface area contributed by atoms with Gasteiger partial charge in [0, 0.05) is 51.4 Å². The number of aliphatic imine (C=N–C) groups is 1. The molecule has 1 N–H and O–H groups in total. The summed E-state index contributed by atoms with van der Waals surface area (Å²) in [4.78, 5) is 34.2. The molecule has 0 aliphatic carbocycles. The van der Waals surface area contributed by atoms with Crippen LogP contribution in [0.2, 0.25) is 0 Å². The fourth-order valence-corrected chi connectivity index (χ4v) is 4.12. The molecule has 1 fully saturated rings. The maximum atomic E-state index is 12.5. The Hall–Kier alpha value is -2.87. The van der Waals surface area contributed by atoms with E-state index in [0.29, 0.717) is 32.9 Å². The number of carbonyl (C=O) groups excluding carboxylic acids is 1. The van der Waals surface area contributed by atoms with Crippen LogP contribution in [0.25, 0.3) is 0 Å². The van der Waals surface area contributed by atoms with Crippen molar-refractivity contribution in [3.63, 3.8) is 0 Å². The van der Waals surface area contributed by atoms with Crippen molar-refractivity contribution < 1.29 is 19.4 Å². The Morgan fingerprint density at radius 2 is 1.80 bits per heavy atom. The minimum absolute atomic E-state index is 0.252. The maximum Gasteiger partial charge on any atom is 0.411 e. The molecule has 160 valence electrons. The molecule has 1 saturated heterocycles. The van der Waals surface area contributed by atoms with Gasteiger partial charge < -0.3 is 19.6 Å². The largest absolute Gasteiger partial charge is 0.478 e. The molecule has 3 heterocycles. The van der Waals surface area contributed by atoms with E-state index in [9.17, 15) is 9.59 Å². The van der Waals surface area contributed by atoms with Gasteiger partial charge in [-0.05, 0) is 36.1 Å². The highest BCUT2D eigenvalue weighted by Gasteiger charge is 2.27. The molecular weight excluding hydrogens is 384 g/mol. The first-order valence-electron chi connectivity index (χ1n) is 10.5. The molecule has 1 aromatic rings. The second kappa shape index (κ2) is 9.30. The summed E-state index contributed by atoms with van der Waals surface area (Å²) < 4.78 is 5.54. The number of nitrogens with zero attached hydrogens (tertiary/aromatic N) is 4. The SMILES string of the molecule is O=C(O)c1ccc(CN2C=NC3=C(C2)CN(C(=O)OCN2CCCCC2)CC3)cc1. The number of likely N-dealkylation sites (tertiary alicyclic amines) is 1. The van der Waals surface area contributed by atoms with Crippen molar-refractivity contribution in [2.45, 2.75) is 32.2 Å². The predicted octanol–water partition coefficient (Wildman–Crippen LogP) is 2.77. The van der Waals surface area contributed by atoms with Crippen molar-refractivity contribution in [2.24, 2.45) is 4.99 Å². The van der Waals surface area contributed by atoms with Crippen LogP contribution in [-0.4, -0.2) is 77.7 Å². The first kappa shape index (κ1) is 20.4. The van der Waals surface area contributed by atoms with Crippen LogP contribution in [0.1, 0.15) is 41.6 Å². The van der Waals surface area contributed by atoms with Gasteiger partial charge in [-0.25, -0.2) is 14.6 Å². The van der Waals surface area contributed by atoms with Crippen LogP contribution >= 0.6 is 0 Å². The van der Waals surface area contributed by atoms with Gasteiger partial charge in [-0.1, -0.05) is 18.6 Å². The molecule has 3 aliphatic rings. The molecule has 0 saturated carbocycles. The number of ether oxygens (including phenoxy) is 1. The maximum absolute atomic E-state index is 12.5. The van der Waals surface area contributed by atoms with Crippen LogP contribution < -0.4 is 0 Å². The van der Waals surface area contributed by atoms with E-state index in [1.807, 2.05) is 18.5 Å². The van der Waals surface area contributed by atoms with Gasteiger partial charge in [0.05, 0.1) is 11.9 Å². The first-order chi connectivity index (χ1) is 14.6. The molecule has 0 spiro atoms. The molecule has 0 bridgehead atoms. The molecule has 1 amide bonds. The van der Waals surface area contributed by atoms with E-state index in [0.717, 1.165) is 36.3 Å². The number of benzene rings is 1. The molecule has 0 aromatic heterocycles. The van der Waals surface area contributed by atoms with Crippen LogP contribution in [-0.2, 0) is 11.3 Å². The molecule has 8 heteroatoms. The summed E-state index contributed by atoms with van der Waals surface area (Å²) in [5.41, 5.74) is 3.50. The quantitative estimate of drug-likeness (QED) is 0.800. The molecule has 0 unspecified atom stereocenters. The number of carboxylic acid groups (broad SMARTS) is 1. The Balaban J connectivity index is 1.29. The molecule has 4 rings (SSSR count). The minimum atomic E-state index is -0.926. The van der Waals surface area contributed by atoms with Crippen molar-refractivity contribution in [1.29, 1.82) is 0 Å². The van der Waals surface area contributed by atoms with Gasteiger partial charge >= 0.3 is 12.1 Å². The third-order valence-electron chi connectivity index (χ3n) is 5.84. The lowest BCUT2D eigenvalue weighted by atomic mass is 10.0. The summed E-state index contributed by atoms with van der Waals surface area (Å²) in [6.45, 7) is 4.89. The number of hydrogen-bond donors (Lipinski definition) is 1. The Kier molecular flexibility index (Phi) is 6.32. The van der Waals surface area contributed by atoms with Gasteiger partial charge in [-0.15, -0.1) is 0 Å². The Labute approximate surface area is 176 Å². The highest BCUT2D eigenvalue weighted by Crippen LogP contribution is 2.24. The Morgan fingerprint density at radius 3 is 2.53 bits per heavy atom. The monoisotopic (exact) mass is 412 g/mol. The lowest BCUT2D eigenvalue weighted by Crippen LogP contribution is -2.43. The Morgan fingerprint density at radius 1 is 1.03 bits per heavy atom. The van der Waals surface area contributed by atoms with E-state index >= 15 is 0 Å². The van der Waals surface area contributed by atoms with Crippen molar-refractivity contribution in [3.05, 3.63) is 46.7 Å². The highest BCUT2D eigenvalue weighted by atomic mass is 16.6. The smallest absolute Gasteiger partial charge is 0.411 e. The summed E-state index contributed by atoms with van der Waals surface area (Å²) in [5.74, 6) is -0.926. The van der Waals surface area contributed by atoms with E-state index in [4.69, 9.17) is 9.84 Å². The normalized spacial score (nSPS) is 19.6. The summed E-state index contributed by atoms with van der Waals surface area (Å²) in [7, 11) is 0. The third-order valence-corrected chi connectivity index (χ3v) is 5.84.